The summed E-state index contributed by atoms with van der Waals surface area (Å²) in [6.45, 7) is 1.82. The van der Waals surface area contributed by atoms with E-state index in [1.165, 1.54) is 6.92 Å². The van der Waals surface area contributed by atoms with Crippen LogP contribution in [0.1, 0.15) is 24.2 Å². The van der Waals surface area contributed by atoms with Gasteiger partial charge in [0.2, 0.25) is 6.10 Å². The Morgan fingerprint density at radius 3 is 2.94 bits per heavy atom. The van der Waals surface area contributed by atoms with E-state index in [0.29, 0.717) is 12.1 Å². The van der Waals surface area contributed by atoms with E-state index in [4.69, 9.17) is 10.5 Å². The summed E-state index contributed by atoms with van der Waals surface area (Å²) >= 11 is 0. The number of aliphatic imine (C=N–C) groups is 1. The molecule has 0 fully saturated rings. The molecular formula is C12H13N3O3. The third-order valence-corrected chi connectivity index (χ3v) is 2.55. The summed E-state index contributed by atoms with van der Waals surface area (Å²) in [4.78, 5) is 26.3. The first-order valence-corrected chi connectivity index (χ1v) is 5.42. The minimum Gasteiger partial charge on any atom is -0.447 e. The van der Waals surface area contributed by atoms with Crippen LogP contribution < -0.4 is 11.1 Å². The van der Waals surface area contributed by atoms with Crippen molar-refractivity contribution < 1.29 is 14.3 Å². The van der Waals surface area contributed by atoms with Crippen molar-refractivity contribution in [3.05, 3.63) is 29.3 Å². The lowest BCUT2D eigenvalue weighted by Gasteiger charge is -2.17. The molecule has 0 saturated heterocycles. The summed E-state index contributed by atoms with van der Waals surface area (Å²) in [5, 5.41) is 2.97. The molecule has 0 radical (unpaired) electrons. The van der Waals surface area contributed by atoms with Crippen molar-refractivity contribution in [2.45, 2.75) is 19.6 Å². The molecule has 1 aromatic carbocycles. The van der Waals surface area contributed by atoms with Gasteiger partial charge in [-0.3, -0.25) is 14.6 Å². The molecule has 3 N–H and O–H groups in total. The number of nitrogens with zero attached hydrogens (tertiary/aromatic N) is 1. The molecule has 0 aliphatic carbocycles. The molecular weight excluding hydrogens is 234 g/mol. The Bertz CT molecular complexity index is 525. The third-order valence-electron chi connectivity index (χ3n) is 2.55. The van der Waals surface area contributed by atoms with Crippen molar-refractivity contribution >= 4 is 23.9 Å². The van der Waals surface area contributed by atoms with Crippen molar-refractivity contribution in [1.29, 1.82) is 0 Å². The number of anilines is 1. The first kappa shape index (κ1) is 12.1. The zero-order chi connectivity index (χ0) is 13.1. The fourth-order valence-corrected chi connectivity index (χ4v) is 1.74. The second kappa shape index (κ2) is 4.87. The fourth-order valence-electron chi connectivity index (χ4n) is 1.74. The number of amides is 1. The molecule has 0 bridgehead atoms. The molecule has 1 aliphatic rings. The SMILES string of the molecule is CC(=O)OC(C(N)=O)c1ccc2c(c1)NC=NC2. The number of nitrogens with one attached hydrogen (secondary N) is 1. The first-order valence-electron chi connectivity index (χ1n) is 5.42. The van der Waals surface area contributed by atoms with E-state index in [2.05, 4.69) is 10.3 Å². The van der Waals surface area contributed by atoms with Gasteiger partial charge in [-0.1, -0.05) is 12.1 Å². The van der Waals surface area contributed by atoms with E-state index in [0.717, 1.165) is 11.3 Å². The number of benzene rings is 1. The summed E-state index contributed by atoms with van der Waals surface area (Å²) in [6.07, 6.45) is 0.519. The van der Waals surface area contributed by atoms with Gasteiger partial charge in [-0.2, -0.15) is 0 Å². The maximum absolute atomic E-state index is 11.3. The summed E-state index contributed by atoms with van der Waals surface area (Å²) in [5.41, 5.74) is 7.61. The first-order chi connectivity index (χ1) is 8.58. The minimum atomic E-state index is -1.06. The number of ether oxygens (including phenoxy) is 1. The number of nitrogens with two attached hydrogens (primary N) is 1. The van der Waals surface area contributed by atoms with Crippen molar-refractivity contribution in [3.8, 4) is 0 Å². The lowest BCUT2D eigenvalue weighted by molar-refractivity contribution is -0.153. The number of fused-ring (bicyclic) bond motifs is 1. The van der Waals surface area contributed by atoms with E-state index < -0.39 is 18.0 Å². The van der Waals surface area contributed by atoms with Crippen LogP contribution in [-0.4, -0.2) is 18.2 Å². The van der Waals surface area contributed by atoms with E-state index in [1.807, 2.05) is 6.07 Å². The molecule has 1 aromatic rings. The van der Waals surface area contributed by atoms with Gasteiger partial charge in [0.1, 0.15) is 0 Å². The molecule has 0 aromatic heterocycles. The van der Waals surface area contributed by atoms with Crippen LogP contribution in [0.3, 0.4) is 0 Å². The number of esters is 1. The number of primary amides is 1. The highest BCUT2D eigenvalue weighted by atomic mass is 16.5. The van der Waals surface area contributed by atoms with Crippen LogP contribution in [0.15, 0.2) is 23.2 Å². The highest BCUT2D eigenvalue weighted by molar-refractivity contribution is 5.85. The Balaban J connectivity index is 2.31. The van der Waals surface area contributed by atoms with Crippen LogP contribution in [0.5, 0.6) is 0 Å². The van der Waals surface area contributed by atoms with Crippen LogP contribution >= 0.6 is 0 Å². The molecule has 6 heteroatoms. The van der Waals surface area contributed by atoms with Gasteiger partial charge in [-0.15, -0.1) is 0 Å². The average molecular weight is 247 g/mol. The Hall–Kier alpha value is -2.37. The van der Waals surface area contributed by atoms with Gasteiger partial charge in [0.05, 0.1) is 12.9 Å². The number of carbonyl (C=O) groups is 2. The van der Waals surface area contributed by atoms with E-state index >= 15 is 0 Å². The number of carbonyl (C=O) groups excluding carboxylic acids is 2. The molecule has 1 aliphatic heterocycles. The number of hydrogen-bond donors (Lipinski definition) is 2. The molecule has 0 spiro atoms. The highest BCUT2D eigenvalue weighted by Gasteiger charge is 2.22. The number of hydrogen-bond acceptors (Lipinski definition) is 5. The van der Waals surface area contributed by atoms with Crippen LogP contribution in [0, 0.1) is 0 Å². The highest BCUT2D eigenvalue weighted by Crippen LogP contribution is 2.26. The van der Waals surface area contributed by atoms with Gasteiger partial charge in [-0.25, -0.2) is 0 Å². The zero-order valence-corrected chi connectivity index (χ0v) is 9.84. The van der Waals surface area contributed by atoms with Gasteiger partial charge < -0.3 is 15.8 Å². The molecule has 1 unspecified atom stereocenters. The van der Waals surface area contributed by atoms with E-state index in [-0.39, 0.29) is 0 Å². The topological polar surface area (TPSA) is 93.8 Å². The normalized spacial score (nSPS) is 14.3. The molecule has 2 rings (SSSR count). The molecule has 1 heterocycles. The van der Waals surface area contributed by atoms with Gasteiger partial charge in [0.25, 0.3) is 5.91 Å². The molecule has 6 nitrogen and oxygen atoms in total. The quantitative estimate of drug-likeness (QED) is 0.770. The van der Waals surface area contributed by atoms with Gasteiger partial charge in [0, 0.05) is 18.2 Å². The lowest BCUT2D eigenvalue weighted by atomic mass is 10.0. The summed E-state index contributed by atoms with van der Waals surface area (Å²) < 4.78 is 4.91. The largest absolute Gasteiger partial charge is 0.447 e. The fraction of sp³-hybridized carbons (Fsp3) is 0.250. The smallest absolute Gasteiger partial charge is 0.303 e. The second-order valence-electron chi connectivity index (χ2n) is 3.92. The van der Waals surface area contributed by atoms with Crippen LogP contribution in [-0.2, 0) is 20.9 Å². The lowest BCUT2D eigenvalue weighted by Crippen LogP contribution is -2.25. The summed E-state index contributed by atoms with van der Waals surface area (Å²) in [6, 6.07) is 5.27. The Kier molecular flexibility index (Phi) is 3.27. The van der Waals surface area contributed by atoms with Crippen LogP contribution in [0.25, 0.3) is 0 Å². The van der Waals surface area contributed by atoms with Crippen molar-refractivity contribution in [1.82, 2.24) is 0 Å². The van der Waals surface area contributed by atoms with Crippen LogP contribution in [0.2, 0.25) is 0 Å². The van der Waals surface area contributed by atoms with Gasteiger partial charge in [-0.05, 0) is 11.6 Å². The van der Waals surface area contributed by atoms with Crippen molar-refractivity contribution in [2.75, 3.05) is 5.32 Å². The van der Waals surface area contributed by atoms with E-state index in [1.54, 1.807) is 18.5 Å². The van der Waals surface area contributed by atoms with Gasteiger partial charge >= 0.3 is 5.97 Å². The predicted molar refractivity (Wildman–Crippen MR) is 66.0 cm³/mol. The summed E-state index contributed by atoms with van der Waals surface area (Å²) in [5.74, 6) is -1.25. The molecule has 0 saturated carbocycles. The maximum atomic E-state index is 11.3. The van der Waals surface area contributed by atoms with Crippen LogP contribution in [0.4, 0.5) is 5.69 Å². The number of rotatable bonds is 3. The Morgan fingerprint density at radius 1 is 1.50 bits per heavy atom. The standard InChI is InChI=1S/C12H13N3O3/c1-7(16)18-11(12(13)17)8-2-3-9-5-14-6-15-10(9)4-8/h2-4,6,11H,5H2,1H3,(H2,13,17)(H,14,15). The van der Waals surface area contributed by atoms with Crippen molar-refractivity contribution in [3.63, 3.8) is 0 Å². The predicted octanol–water partition coefficient (Wildman–Crippen LogP) is 0.730. The summed E-state index contributed by atoms with van der Waals surface area (Å²) in [7, 11) is 0. The minimum absolute atomic E-state index is 0.541. The van der Waals surface area contributed by atoms with E-state index in [9.17, 15) is 9.59 Å². The molecule has 94 valence electrons. The third kappa shape index (κ3) is 2.48. The second-order valence-corrected chi connectivity index (χ2v) is 3.92. The molecule has 1 atom stereocenters. The molecule has 1 amide bonds. The maximum Gasteiger partial charge on any atom is 0.303 e. The Morgan fingerprint density at radius 2 is 2.28 bits per heavy atom. The van der Waals surface area contributed by atoms with Gasteiger partial charge in [0.15, 0.2) is 0 Å². The Labute approximate surface area is 104 Å². The van der Waals surface area contributed by atoms with Crippen molar-refractivity contribution in [2.24, 2.45) is 10.7 Å². The average Bonchev–Trinajstić information content (AvgIpc) is 2.35. The zero-order valence-electron chi connectivity index (χ0n) is 9.84. The monoisotopic (exact) mass is 247 g/mol. The molecule has 18 heavy (non-hydrogen) atoms.